The van der Waals surface area contributed by atoms with Gasteiger partial charge in [-0.25, -0.2) is 0 Å². The van der Waals surface area contributed by atoms with Crippen molar-refractivity contribution in [1.82, 2.24) is 19.7 Å². The van der Waals surface area contributed by atoms with Gasteiger partial charge in [-0.05, 0) is 43.7 Å². The predicted octanol–water partition coefficient (Wildman–Crippen LogP) is 4.19. The summed E-state index contributed by atoms with van der Waals surface area (Å²) in [7, 11) is 3.56. The quantitative estimate of drug-likeness (QED) is 0.521. The standard InChI is InChI=1S/C22H26N4O2S/c1-5-26(6-2)21(27)19(16-10-8-7-9-11-16)29-22-24-23-20(25(22)3)17-12-14-18(28-4)15-13-17/h7-15,19H,5-6H2,1-4H3/t19-/m0/s1. The van der Waals surface area contributed by atoms with Crippen LogP contribution in [0.5, 0.6) is 5.75 Å². The molecule has 0 radical (unpaired) electrons. The lowest BCUT2D eigenvalue weighted by atomic mass is 10.1. The minimum Gasteiger partial charge on any atom is -0.497 e. The number of amides is 1. The van der Waals surface area contributed by atoms with E-state index in [2.05, 4.69) is 10.2 Å². The van der Waals surface area contributed by atoms with Crippen molar-refractivity contribution in [2.24, 2.45) is 7.05 Å². The number of rotatable bonds is 8. The number of ether oxygens (including phenoxy) is 1. The van der Waals surface area contributed by atoms with Gasteiger partial charge in [-0.3, -0.25) is 4.79 Å². The summed E-state index contributed by atoms with van der Waals surface area (Å²) in [6, 6.07) is 17.5. The summed E-state index contributed by atoms with van der Waals surface area (Å²) in [5.74, 6) is 1.62. The third-order valence-electron chi connectivity index (χ3n) is 4.81. The molecule has 1 heterocycles. The van der Waals surface area contributed by atoms with Crippen molar-refractivity contribution in [3.05, 3.63) is 60.2 Å². The Morgan fingerprint density at radius 1 is 1.07 bits per heavy atom. The average molecular weight is 411 g/mol. The Bertz CT molecular complexity index is 937. The van der Waals surface area contributed by atoms with E-state index in [4.69, 9.17) is 4.74 Å². The fourth-order valence-electron chi connectivity index (χ4n) is 3.10. The Kier molecular flexibility index (Phi) is 6.93. The normalized spacial score (nSPS) is 11.9. The highest BCUT2D eigenvalue weighted by Gasteiger charge is 2.28. The van der Waals surface area contributed by atoms with E-state index in [-0.39, 0.29) is 11.2 Å². The van der Waals surface area contributed by atoms with Gasteiger partial charge in [0.25, 0.3) is 0 Å². The van der Waals surface area contributed by atoms with Crippen LogP contribution >= 0.6 is 11.8 Å². The number of aromatic nitrogens is 3. The van der Waals surface area contributed by atoms with Gasteiger partial charge in [0.05, 0.1) is 7.11 Å². The maximum absolute atomic E-state index is 13.2. The van der Waals surface area contributed by atoms with Crippen LogP contribution in [-0.2, 0) is 11.8 Å². The first-order valence-corrected chi connectivity index (χ1v) is 10.5. The molecule has 1 atom stereocenters. The zero-order valence-corrected chi connectivity index (χ0v) is 18.0. The van der Waals surface area contributed by atoms with E-state index in [1.165, 1.54) is 11.8 Å². The molecule has 1 amide bonds. The molecular formula is C22H26N4O2S. The predicted molar refractivity (Wildman–Crippen MR) is 116 cm³/mol. The zero-order valence-electron chi connectivity index (χ0n) is 17.2. The van der Waals surface area contributed by atoms with E-state index < -0.39 is 0 Å². The van der Waals surface area contributed by atoms with E-state index in [0.717, 1.165) is 22.7 Å². The van der Waals surface area contributed by atoms with Crippen LogP contribution in [0.25, 0.3) is 11.4 Å². The van der Waals surface area contributed by atoms with Gasteiger partial charge in [0.2, 0.25) is 5.91 Å². The van der Waals surface area contributed by atoms with E-state index in [9.17, 15) is 4.79 Å². The van der Waals surface area contributed by atoms with Crippen molar-refractivity contribution in [2.45, 2.75) is 24.3 Å². The molecule has 2 aromatic carbocycles. The van der Waals surface area contributed by atoms with Crippen molar-refractivity contribution in [3.63, 3.8) is 0 Å². The minimum absolute atomic E-state index is 0.0835. The number of hydrogen-bond acceptors (Lipinski definition) is 5. The molecule has 7 heteroatoms. The Hall–Kier alpha value is -2.80. The molecule has 0 spiro atoms. The number of hydrogen-bond donors (Lipinski definition) is 0. The Balaban J connectivity index is 1.91. The zero-order chi connectivity index (χ0) is 20.8. The number of carbonyl (C=O) groups excluding carboxylic acids is 1. The van der Waals surface area contributed by atoms with E-state index in [1.54, 1.807) is 7.11 Å². The van der Waals surface area contributed by atoms with Gasteiger partial charge in [0.1, 0.15) is 11.0 Å². The molecule has 0 unspecified atom stereocenters. The molecule has 6 nitrogen and oxygen atoms in total. The molecule has 0 aliphatic carbocycles. The molecule has 3 rings (SSSR count). The van der Waals surface area contributed by atoms with Crippen molar-refractivity contribution < 1.29 is 9.53 Å². The molecule has 0 saturated heterocycles. The van der Waals surface area contributed by atoms with E-state index in [1.807, 2.05) is 85.0 Å². The minimum atomic E-state index is -0.372. The van der Waals surface area contributed by atoms with Crippen LogP contribution in [0.3, 0.4) is 0 Å². The van der Waals surface area contributed by atoms with Crippen LogP contribution in [0.4, 0.5) is 0 Å². The lowest BCUT2D eigenvalue weighted by molar-refractivity contribution is -0.130. The fraction of sp³-hybridized carbons (Fsp3) is 0.318. The molecule has 0 saturated carbocycles. The van der Waals surface area contributed by atoms with Gasteiger partial charge >= 0.3 is 0 Å². The molecule has 0 aliphatic heterocycles. The summed E-state index contributed by atoms with van der Waals surface area (Å²) in [6.45, 7) is 5.35. The number of carbonyl (C=O) groups is 1. The molecule has 0 fully saturated rings. The summed E-state index contributed by atoms with van der Waals surface area (Å²) in [4.78, 5) is 15.1. The van der Waals surface area contributed by atoms with Gasteiger partial charge in [0, 0.05) is 25.7 Å². The monoisotopic (exact) mass is 410 g/mol. The maximum Gasteiger partial charge on any atom is 0.240 e. The summed E-state index contributed by atoms with van der Waals surface area (Å²) in [5, 5.41) is 9.05. The number of thioether (sulfide) groups is 1. The van der Waals surface area contributed by atoms with Gasteiger partial charge in [-0.2, -0.15) is 0 Å². The third-order valence-corrected chi connectivity index (χ3v) is 6.08. The van der Waals surface area contributed by atoms with Crippen LogP contribution in [-0.4, -0.2) is 45.8 Å². The first kappa shape index (κ1) is 20.9. The van der Waals surface area contributed by atoms with Crippen LogP contribution in [0, 0.1) is 0 Å². The smallest absolute Gasteiger partial charge is 0.240 e. The van der Waals surface area contributed by atoms with Crippen LogP contribution in [0.15, 0.2) is 59.8 Å². The van der Waals surface area contributed by atoms with Crippen LogP contribution in [0.2, 0.25) is 0 Å². The van der Waals surface area contributed by atoms with Crippen LogP contribution < -0.4 is 4.74 Å². The second kappa shape index (κ2) is 9.60. The number of likely N-dealkylation sites (N-methyl/N-ethyl adjacent to an activating group) is 1. The van der Waals surface area contributed by atoms with E-state index in [0.29, 0.717) is 18.2 Å². The molecule has 1 aromatic heterocycles. The number of nitrogens with zero attached hydrogens (tertiary/aromatic N) is 4. The molecule has 0 N–H and O–H groups in total. The average Bonchev–Trinajstić information content (AvgIpc) is 3.13. The van der Waals surface area contributed by atoms with Crippen LogP contribution in [0.1, 0.15) is 24.7 Å². The molecule has 152 valence electrons. The van der Waals surface area contributed by atoms with Gasteiger partial charge in [-0.15, -0.1) is 10.2 Å². The van der Waals surface area contributed by atoms with Crippen molar-refractivity contribution >= 4 is 17.7 Å². The molecule has 3 aromatic rings. The largest absolute Gasteiger partial charge is 0.497 e. The molecular weight excluding hydrogens is 384 g/mol. The van der Waals surface area contributed by atoms with E-state index >= 15 is 0 Å². The van der Waals surface area contributed by atoms with Crippen molar-refractivity contribution in [3.8, 4) is 17.1 Å². The SMILES string of the molecule is CCN(CC)C(=O)[C@@H](Sc1nnc(-c2ccc(OC)cc2)n1C)c1ccccc1. The highest BCUT2D eigenvalue weighted by atomic mass is 32.2. The molecule has 0 aliphatic rings. The molecule has 0 bridgehead atoms. The summed E-state index contributed by atoms with van der Waals surface area (Å²) in [6.07, 6.45) is 0. The summed E-state index contributed by atoms with van der Waals surface area (Å²) >= 11 is 1.43. The lowest BCUT2D eigenvalue weighted by Crippen LogP contribution is -2.34. The maximum atomic E-state index is 13.2. The highest BCUT2D eigenvalue weighted by molar-refractivity contribution is 8.00. The Labute approximate surface area is 175 Å². The van der Waals surface area contributed by atoms with Gasteiger partial charge in [-0.1, -0.05) is 42.1 Å². The Morgan fingerprint density at radius 2 is 1.72 bits per heavy atom. The highest BCUT2D eigenvalue weighted by Crippen LogP contribution is 2.37. The van der Waals surface area contributed by atoms with Gasteiger partial charge < -0.3 is 14.2 Å². The summed E-state index contributed by atoms with van der Waals surface area (Å²) < 4.78 is 7.15. The first-order chi connectivity index (χ1) is 14.1. The topological polar surface area (TPSA) is 60.3 Å². The fourth-order valence-corrected chi connectivity index (χ4v) is 4.19. The molecule has 29 heavy (non-hydrogen) atoms. The second-order valence-corrected chi connectivity index (χ2v) is 7.59. The number of methoxy groups -OCH3 is 1. The second-order valence-electron chi connectivity index (χ2n) is 6.51. The summed E-state index contributed by atoms with van der Waals surface area (Å²) in [5.41, 5.74) is 1.90. The Morgan fingerprint density at radius 3 is 2.31 bits per heavy atom. The van der Waals surface area contributed by atoms with Crippen molar-refractivity contribution in [2.75, 3.05) is 20.2 Å². The van der Waals surface area contributed by atoms with Crippen molar-refractivity contribution in [1.29, 1.82) is 0 Å². The first-order valence-electron chi connectivity index (χ1n) is 9.63. The van der Waals surface area contributed by atoms with Gasteiger partial charge in [0.15, 0.2) is 11.0 Å². The third kappa shape index (κ3) is 4.62. The number of benzene rings is 2. The lowest BCUT2D eigenvalue weighted by Gasteiger charge is -2.24.